The molecule has 2 aromatic rings. The van der Waals surface area contributed by atoms with Crippen LogP contribution in [0.2, 0.25) is 0 Å². The molecule has 178 valence electrons. The number of hydrogen-bond acceptors (Lipinski definition) is 5. The molecule has 1 atom stereocenters. The second kappa shape index (κ2) is 8.77. The van der Waals surface area contributed by atoms with Gasteiger partial charge in [-0.05, 0) is 74.4 Å². The number of halogens is 3. The Hall–Kier alpha value is -2.95. The van der Waals surface area contributed by atoms with E-state index in [4.69, 9.17) is 11.1 Å². The van der Waals surface area contributed by atoms with E-state index in [0.717, 1.165) is 36.1 Å². The second-order valence-electron chi connectivity index (χ2n) is 8.59. The fraction of sp³-hybridized carbons (Fsp3) is 0.409. The van der Waals surface area contributed by atoms with Crippen LogP contribution < -0.4 is 11.1 Å². The number of nitrogens with two attached hydrogens (primary N) is 1. The summed E-state index contributed by atoms with van der Waals surface area (Å²) in [5.41, 5.74) is 6.51. The molecule has 4 N–H and O–H groups in total. The van der Waals surface area contributed by atoms with Crippen molar-refractivity contribution in [3.63, 3.8) is 0 Å². The standard InChI is InChI=1S/C22H25F3N4O3S/c1-21(2,20(26)27)33(31,32)12-14-5-3-4-13-6-8-16(10-17(13)14)29-19(30)18-9-7-15(11-28-18)22(23,24)25/h6-11,14H,3-5,12H2,1-2H3,(H3,26,27)(H,29,30). The van der Waals surface area contributed by atoms with Crippen molar-refractivity contribution < 1.29 is 26.4 Å². The summed E-state index contributed by atoms with van der Waals surface area (Å²) in [4.78, 5) is 16.1. The monoisotopic (exact) mass is 482 g/mol. The van der Waals surface area contributed by atoms with E-state index < -0.39 is 38.1 Å². The molecule has 0 spiro atoms. The molecule has 3 rings (SSSR count). The number of nitrogens with zero attached hydrogens (tertiary/aromatic N) is 1. The van der Waals surface area contributed by atoms with Gasteiger partial charge in [-0.2, -0.15) is 13.2 Å². The highest BCUT2D eigenvalue weighted by Gasteiger charge is 2.40. The number of aromatic nitrogens is 1. The number of hydrogen-bond donors (Lipinski definition) is 3. The van der Waals surface area contributed by atoms with Gasteiger partial charge in [-0.1, -0.05) is 6.07 Å². The molecule has 0 radical (unpaired) electrons. The van der Waals surface area contributed by atoms with Crippen molar-refractivity contribution in [1.29, 1.82) is 5.41 Å². The van der Waals surface area contributed by atoms with Gasteiger partial charge in [-0.3, -0.25) is 15.2 Å². The first-order chi connectivity index (χ1) is 15.2. The van der Waals surface area contributed by atoms with Crippen molar-refractivity contribution in [1.82, 2.24) is 4.98 Å². The summed E-state index contributed by atoms with van der Waals surface area (Å²) in [5, 5.41) is 10.3. The maximum absolute atomic E-state index is 12.9. The lowest BCUT2D eigenvalue weighted by molar-refractivity contribution is -0.137. The Morgan fingerprint density at radius 2 is 1.94 bits per heavy atom. The molecule has 1 aliphatic carbocycles. The molecule has 1 amide bonds. The molecule has 1 aromatic heterocycles. The summed E-state index contributed by atoms with van der Waals surface area (Å²) in [5.74, 6) is -1.63. The third kappa shape index (κ3) is 5.18. The predicted molar refractivity (Wildman–Crippen MR) is 119 cm³/mol. The van der Waals surface area contributed by atoms with Crippen LogP contribution in [0.15, 0.2) is 36.5 Å². The number of fused-ring (bicyclic) bond motifs is 1. The summed E-state index contributed by atoms with van der Waals surface area (Å²) in [6.07, 6.45) is -1.77. The molecule has 0 bridgehead atoms. The van der Waals surface area contributed by atoms with Gasteiger partial charge in [0.1, 0.15) is 16.3 Å². The van der Waals surface area contributed by atoms with Gasteiger partial charge in [0, 0.05) is 11.9 Å². The van der Waals surface area contributed by atoms with Crippen molar-refractivity contribution in [3.8, 4) is 0 Å². The Morgan fingerprint density at radius 3 is 2.52 bits per heavy atom. The number of anilines is 1. The number of aryl methyl sites for hydroxylation is 1. The maximum atomic E-state index is 12.9. The second-order valence-corrected chi connectivity index (χ2v) is 11.2. The number of sulfone groups is 1. The molecule has 1 unspecified atom stereocenters. The molecule has 11 heteroatoms. The van der Waals surface area contributed by atoms with Gasteiger partial charge in [-0.15, -0.1) is 0 Å². The first kappa shape index (κ1) is 24.7. The van der Waals surface area contributed by atoms with Crippen LogP contribution in [0, 0.1) is 5.41 Å². The minimum absolute atomic E-state index is 0.178. The Bertz CT molecular complexity index is 1180. The summed E-state index contributed by atoms with van der Waals surface area (Å²) in [6, 6.07) is 6.94. The Balaban J connectivity index is 1.82. The van der Waals surface area contributed by atoms with Crippen LogP contribution in [0.3, 0.4) is 0 Å². The van der Waals surface area contributed by atoms with Crippen molar-refractivity contribution in [2.45, 2.75) is 50.0 Å². The summed E-state index contributed by atoms with van der Waals surface area (Å²) in [7, 11) is -3.74. The zero-order chi connectivity index (χ0) is 24.6. The van der Waals surface area contributed by atoms with Gasteiger partial charge in [0.15, 0.2) is 9.84 Å². The normalized spacial score (nSPS) is 16.7. The average Bonchev–Trinajstić information content (AvgIpc) is 2.73. The minimum atomic E-state index is -4.55. The van der Waals surface area contributed by atoms with Crippen LogP contribution in [-0.2, 0) is 22.4 Å². The number of pyridine rings is 1. The third-order valence-corrected chi connectivity index (χ3v) is 8.63. The van der Waals surface area contributed by atoms with E-state index in [2.05, 4.69) is 10.3 Å². The molecule has 0 fully saturated rings. The lowest BCUT2D eigenvalue weighted by Crippen LogP contribution is -2.46. The maximum Gasteiger partial charge on any atom is 0.417 e. The third-order valence-electron chi connectivity index (χ3n) is 6.01. The highest BCUT2D eigenvalue weighted by atomic mass is 32.2. The van der Waals surface area contributed by atoms with Crippen LogP contribution in [0.1, 0.15) is 59.8 Å². The van der Waals surface area contributed by atoms with Crippen LogP contribution in [0.4, 0.5) is 18.9 Å². The molecule has 1 heterocycles. The van der Waals surface area contributed by atoms with E-state index in [1.54, 1.807) is 18.2 Å². The number of carbonyl (C=O) groups excluding carboxylic acids is 1. The highest BCUT2D eigenvalue weighted by molar-refractivity contribution is 7.93. The number of amides is 1. The van der Waals surface area contributed by atoms with Crippen molar-refractivity contribution in [2.75, 3.05) is 11.1 Å². The number of alkyl halides is 3. The van der Waals surface area contributed by atoms with E-state index in [0.29, 0.717) is 18.3 Å². The van der Waals surface area contributed by atoms with Crippen LogP contribution in [0.25, 0.3) is 0 Å². The van der Waals surface area contributed by atoms with Crippen LogP contribution in [0.5, 0.6) is 0 Å². The fourth-order valence-corrected chi connectivity index (χ4v) is 5.31. The molecule has 1 aliphatic rings. The van der Waals surface area contributed by atoms with Crippen molar-refractivity contribution in [3.05, 3.63) is 58.9 Å². The van der Waals surface area contributed by atoms with E-state index in [9.17, 15) is 26.4 Å². The number of rotatable bonds is 6. The van der Waals surface area contributed by atoms with Gasteiger partial charge < -0.3 is 11.1 Å². The lowest BCUT2D eigenvalue weighted by atomic mass is 9.83. The molecular weight excluding hydrogens is 457 g/mol. The average molecular weight is 483 g/mol. The molecule has 33 heavy (non-hydrogen) atoms. The van der Waals surface area contributed by atoms with Gasteiger partial charge in [0.25, 0.3) is 5.91 Å². The number of carbonyl (C=O) groups is 1. The van der Waals surface area contributed by atoms with Gasteiger partial charge >= 0.3 is 6.18 Å². The Morgan fingerprint density at radius 1 is 1.24 bits per heavy atom. The largest absolute Gasteiger partial charge is 0.417 e. The first-order valence-electron chi connectivity index (χ1n) is 10.3. The highest BCUT2D eigenvalue weighted by Crippen LogP contribution is 2.36. The molecular formula is C22H25F3N4O3S. The topological polar surface area (TPSA) is 126 Å². The van der Waals surface area contributed by atoms with Crippen molar-refractivity contribution >= 4 is 27.3 Å². The van der Waals surface area contributed by atoms with Crippen LogP contribution in [-0.4, -0.2) is 35.6 Å². The Labute approximate surface area is 190 Å². The SMILES string of the molecule is CC(C)(C(=N)N)S(=O)(=O)CC1CCCc2ccc(NC(=O)c3ccc(C(F)(F)F)cn3)cc21. The van der Waals surface area contributed by atoms with Gasteiger partial charge in [-0.25, -0.2) is 8.42 Å². The van der Waals surface area contributed by atoms with E-state index in [-0.39, 0.29) is 17.4 Å². The van der Waals surface area contributed by atoms with E-state index in [1.807, 2.05) is 0 Å². The fourth-order valence-electron chi connectivity index (χ4n) is 3.68. The molecule has 0 saturated carbocycles. The molecule has 0 aliphatic heterocycles. The molecule has 0 saturated heterocycles. The zero-order valence-corrected chi connectivity index (χ0v) is 19.0. The number of amidine groups is 1. The molecule has 7 nitrogen and oxygen atoms in total. The van der Waals surface area contributed by atoms with E-state index in [1.165, 1.54) is 13.8 Å². The summed E-state index contributed by atoms with van der Waals surface area (Å²) >= 11 is 0. The number of benzene rings is 1. The summed E-state index contributed by atoms with van der Waals surface area (Å²) in [6.45, 7) is 2.81. The predicted octanol–water partition coefficient (Wildman–Crippen LogP) is 3.90. The van der Waals surface area contributed by atoms with Gasteiger partial charge in [0.2, 0.25) is 0 Å². The smallest absolute Gasteiger partial charge is 0.386 e. The van der Waals surface area contributed by atoms with Crippen LogP contribution >= 0.6 is 0 Å². The lowest BCUT2D eigenvalue weighted by Gasteiger charge is -2.30. The number of nitrogens with one attached hydrogen (secondary N) is 2. The molecule has 1 aromatic carbocycles. The van der Waals surface area contributed by atoms with E-state index >= 15 is 0 Å². The van der Waals surface area contributed by atoms with Crippen molar-refractivity contribution in [2.24, 2.45) is 5.73 Å². The quantitative estimate of drug-likeness (QED) is 0.425. The zero-order valence-electron chi connectivity index (χ0n) is 18.2. The first-order valence-corrected chi connectivity index (χ1v) is 11.9. The van der Waals surface area contributed by atoms with Gasteiger partial charge in [0.05, 0.1) is 11.3 Å². The summed E-state index contributed by atoms with van der Waals surface area (Å²) < 4.78 is 62.5. The minimum Gasteiger partial charge on any atom is -0.386 e. The Kier molecular flexibility index (Phi) is 6.56.